The third kappa shape index (κ3) is 3.99. The van der Waals surface area contributed by atoms with Crippen molar-refractivity contribution in [3.63, 3.8) is 0 Å². The van der Waals surface area contributed by atoms with Crippen molar-refractivity contribution in [1.82, 2.24) is 5.32 Å². The average Bonchev–Trinajstić information content (AvgIpc) is 2.55. The van der Waals surface area contributed by atoms with E-state index in [-0.39, 0.29) is 18.3 Å². The van der Waals surface area contributed by atoms with Gasteiger partial charge < -0.3 is 11.1 Å². The van der Waals surface area contributed by atoms with Crippen LogP contribution in [0.4, 0.5) is 0 Å². The van der Waals surface area contributed by atoms with Crippen LogP contribution in [-0.2, 0) is 11.2 Å². The Morgan fingerprint density at radius 3 is 2.44 bits per heavy atom. The third-order valence-electron chi connectivity index (χ3n) is 5.88. The summed E-state index contributed by atoms with van der Waals surface area (Å²) in [4.78, 5) is 12.6. The van der Waals surface area contributed by atoms with Gasteiger partial charge in [-0.3, -0.25) is 4.79 Å². The lowest BCUT2D eigenvalue weighted by Gasteiger charge is -2.45. The number of rotatable bonds is 3. The number of carbonyl (C=O) groups is 1. The first-order valence-corrected chi connectivity index (χ1v) is 9.21. The molecule has 0 aromatic heterocycles. The second-order valence-electron chi connectivity index (χ2n) is 7.63. The molecule has 2 aromatic rings. The standard InChI is InChI=1S/C21H26N2O.ClH/c22-19-12-17-6-3-7-18(13-19)21(17)23-20(24)11-14-8-9-15-4-1-2-5-16(15)10-14;/h1-2,4-5,8-10,17-19,21H,3,6-7,11-13,22H2,(H,23,24);1H. The van der Waals surface area contributed by atoms with Gasteiger partial charge in [-0.15, -0.1) is 12.4 Å². The molecular weight excluding hydrogens is 332 g/mol. The van der Waals surface area contributed by atoms with Crippen molar-refractivity contribution in [2.45, 2.75) is 50.6 Å². The van der Waals surface area contributed by atoms with Crippen LogP contribution in [0.25, 0.3) is 10.8 Å². The van der Waals surface area contributed by atoms with E-state index in [9.17, 15) is 4.79 Å². The van der Waals surface area contributed by atoms with Gasteiger partial charge in [-0.1, -0.05) is 48.9 Å². The van der Waals surface area contributed by atoms with Crippen LogP contribution >= 0.6 is 12.4 Å². The molecule has 4 heteroatoms. The lowest BCUT2D eigenvalue weighted by molar-refractivity contribution is -0.122. The van der Waals surface area contributed by atoms with Gasteiger partial charge in [-0.2, -0.15) is 0 Å². The fraction of sp³-hybridized carbons (Fsp3) is 0.476. The van der Waals surface area contributed by atoms with Gasteiger partial charge >= 0.3 is 0 Å². The van der Waals surface area contributed by atoms with Gasteiger partial charge in [0.05, 0.1) is 6.42 Å². The maximum Gasteiger partial charge on any atom is 0.224 e. The van der Waals surface area contributed by atoms with E-state index in [0.29, 0.717) is 30.3 Å². The average molecular weight is 359 g/mol. The molecule has 0 aliphatic heterocycles. The highest BCUT2D eigenvalue weighted by Gasteiger charge is 2.39. The zero-order valence-electron chi connectivity index (χ0n) is 14.5. The van der Waals surface area contributed by atoms with Crippen LogP contribution in [0.5, 0.6) is 0 Å². The molecule has 2 fully saturated rings. The molecule has 2 aliphatic carbocycles. The monoisotopic (exact) mass is 358 g/mol. The quantitative estimate of drug-likeness (QED) is 0.876. The summed E-state index contributed by atoms with van der Waals surface area (Å²) >= 11 is 0. The van der Waals surface area contributed by atoms with Crippen molar-refractivity contribution in [2.75, 3.05) is 0 Å². The largest absolute Gasteiger partial charge is 0.353 e. The van der Waals surface area contributed by atoms with E-state index in [2.05, 4.69) is 35.6 Å². The molecule has 134 valence electrons. The second kappa shape index (κ2) is 7.76. The highest BCUT2D eigenvalue weighted by Crippen LogP contribution is 2.39. The Balaban J connectivity index is 0.00000182. The molecule has 3 N–H and O–H groups in total. The molecule has 2 aromatic carbocycles. The van der Waals surface area contributed by atoms with Crippen LogP contribution in [-0.4, -0.2) is 18.0 Å². The molecule has 0 heterocycles. The maximum atomic E-state index is 12.6. The second-order valence-corrected chi connectivity index (χ2v) is 7.63. The molecule has 2 saturated carbocycles. The van der Waals surface area contributed by atoms with Crippen molar-refractivity contribution in [3.8, 4) is 0 Å². The molecule has 4 rings (SSSR count). The predicted molar refractivity (Wildman–Crippen MR) is 105 cm³/mol. The van der Waals surface area contributed by atoms with E-state index in [1.807, 2.05) is 12.1 Å². The summed E-state index contributed by atoms with van der Waals surface area (Å²) in [5.41, 5.74) is 7.27. The Hall–Kier alpha value is -1.58. The van der Waals surface area contributed by atoms with E-state index in [1.165, 1.54) is 30.0 Å². The summed E-state index contributed by atoms with van der Waals surface area (Å²) in [6.07, 6.45) is 6.32. The van der Waals surface area contributed by atoms with E-state index in [1.54, 1.807) is 0 Å². The zero-order valence-corrected chi connectivity index (χ0v) is 15.3. The van der Waals surface area contributed by atoms with E-state index < -0.39 is 0 Å². The molecule has 2 aliphatic rings. The van der Waals surface area contributed by atoms with Crippen molar-refractivity contribution >= 4 is 29.1 Å². The Kier molecular flexibility index (Phi) is 5.65. The summed E-state index contributed by atoms with van der Waals surface area (Å²) in [5.74, 6) is 1.31. The fourth-order valence-electron chi connectivity index (χ4n) is 4.80. The van der Waals surface area contributed by atoms with Gasteiger partial charge in [0.1, 0.15) is 0 Å². The summed E-state index contributed by atoms with van der Waals surface area (Å²) in [6, 6.07) is 15.3. The van der Waals surface area contributed by atoms with Gasteiger partial charge in [-0.25, -0.2) is 0 Å². The first-order chi connectivity index (χ1) is 11.7. The number of carbonyl (C=O) groups excluding carboxylic acids is 1. The van der Waals surface area contributed by atoms with Gasteiger partial charge in [-0.05, 0) is 53.9 Å². The fourth-order valence-corrected chi connectivity index (χ4v) is 4.80. The highest BCUT2D eigenvalue weighted by molar-refractivity contribution is 5.86. The number of hydrogen-bond acceptors (Lipinski definition) is 2. The van der Waals surface area contributed by atoms with Crippen LogP contribution in [0.2, 0.25) is 0 Å². The van der Waals surface area contributed by atoms with Crippen LogP contribution in [0.15, 0.2) is 42.5 Å². The molecule has 2 atom stereocenters. The maximum absolute atomic E-state index is 12.6. The minimum atomic E-state index is 0. The molecule has 25 heavy (non-hydrogen) atoms. The van der Waals surface area contributed by atoms with Crippen molar-refractivity contribution in [2.24, 2.45) is 17.6 Å². The first kappa shape index (κ1) is 18.2. The van der Waals surface area contributed by atoms with E-state index in [4.69, 9.17) is 5.73 Å². The number of halogens is 1. The lowest BCUT2D eigenvalue weighted by Crippen LogP contribution is -2.54. The lowest BCUT2D eigenvalue weighted by atomic mass is 9.67. The number of fused-ring (bicyclic) bond motifs is 3. The smallest absolute Gasteiger partial charge is 0.224 e. The predicted octanol–water partition coefficient (Wildman–Crippen LogP) is 3.83. The van der Waals surface area contributed by atoms with Gasteiger partial charge in [0.15, 0.2) is 0 Å². The SMILES string of the molecule is Cl.NC1CC2CCCC(C1)C2NC(=O)Cc1ccc2ccccc2c1. The minimum Gasteiger partial charge on any atom is -0.353 e. The molecule has 0 spiro atoms. The molecule has 1 amide bonds. The van der Waals surface area contributed by atoms with Gasteiger partial charge in [0.25, 0.3) is 0 Å². The summed E-state index contributed by atoms with van der Waals surface area (Å²) in [6.45, 7) is 0. The van der Waals surface area contributed by atoms with Crippen molar-refractivity contribution < 1.29 is 4.79 Å². The number of benzene rings is 2. The molecule has 2 unspecified atom stereocenters. The molecule has 0 radical (unpaired) electrons. The van der Waals surface area contributed by atoms with Crippen LogP contribution in [0.1, 0.15) is 37.7 Å². The third-order valence-corrected chi connectivity index (χ3v) is 5.88. The summed E-state index contributed by atoms with van der Waals surface area (Å²) < 4.78 is 0. The van der Waals surface area contributed by atoms with E-state index >= 15 is 0 Å². The topological polar surface area (TPSA) is 55.1 Å². The summed E-state index contributed by atoms with van der Waals surface area (Å²) in [5, 5.41) is 5.76. The van der Waals surface area contributed by atoms with Crippen LogP contribution in [0, 0.1) is 11.8 Å². The zero-order chi connectivity index (χ0) is 16.5. The highest BCUT2D eigenvalue weighted by atomic mass is 35.5. The van der Waals surface area contributed by atoms with Gasteiger partial charge in [0, 0.05) is 12.1 Å². The molecule has 3 nitrogen and oxygen atoms in total. The molecule has 2 bridgehead atoms. The Bertz CT molecular complexity index is 734. The normalized spacial score (nSPS) is 28.2. The van der Waals surface area contributed by atoms with E-state index in [0.717, 1.165) is 18.4 Å². The first-order valence-electron chi connectivity index (χ1n) is 9.21. The number of hydrogen-bond donors (Lipinski definition) is 2. The minimum absolute atomic E-state index is 0. The molecular formula is C21H27ClN2O. The Labute approximate surface area is 155 Å². The Morgan fingerprint density at radius 1 is 1.04 bits per heavy atom. The van der Waals surface area contributed by atoms with Crippen molar-refractivity contribution in [3.05, 3.63) is 48.0 Å². The number of nitrogens with two attached hydrogens (primary N) is 1. The number of nitrogens with one attached hydrogen (secondary N) is 1. The van der Waals surface area contributed by atoms with Crippen molar-refractivity contribution in [1.29, 1.82) is 0 Å². The Morgan fingerprint density at radius 2 is 1.72 bits per heavy atom. The van der Waals surface area contributed by atoms with Gasteiger partial charge in [0.2, 0.25) is 5.91 Å². The molecule has 0 saturated heterocycles. The number of amides is 1. The van der Waals surface area contributed by atoms with Crippen LogP contribution in [0.3, 0.4) is 0 Å². The summed E-state index contributed by atoms with van der Waals surface area (Å²) in [7, 11) is 0. The van der Waals surface area contributed by atoms with Crippen LogP contribution < -0.4 is 11.1 Å².